The summed E-state index contributed by atoms with van der Waals surface area (Å²) < 4.78 is 5.97. The van der Waals surface area contributed by atoms with Crippen LogP contribution >= 0.6 is 0 Å². The number of rotatable bonds is 4. The quantitative estimate of drug-likeness (QED) is 0.792. The molecule has 3 heteroatoms. The zero-order valence-corrected chi connectivity index (χ0v) is 12.6. The summed E-state index contributed by atoms with van der Waals surface area (Å²) in [7, 11) is 0. The summed E-state index contributed by atoms with van der Waals surface area (Å²) in [5, 5.41) is 2.56. The summed E-state index contributed by atoms with van der Waals surface area (Å²) in [5.41, 5.74) is 3.79. The average Bonchev–Trinajstić information content (AvgIpc) is 3.02. The molecule has 0 bridgehead atoms. The van der Waals surface area contributed by atoms with Crippen LogP contribution in [0.4, 0.5) is 0 Å². The predicted molar refractivity (Wildman–Crippen MR) is 87.7 cm³/mol. The molecule has 0 saturated heterocycles. The van der Waals surface area contributed by atoms with Crippen LogP contribution < -0.4 is 0 Å². The fourth-order valence-corrected chi connectivity index (χ4v) is 3.29. The largest absolute Gasteiger partial charge is 0.376 e. The number of aryl methyl sites for hydroxylation is 1. The maximum atomic E-state index is 5.97. The molecule has 0 saturated carbocycles. The standard InChI is InChI=1S/C19H20N2O/c1-2-4-17-9-14(5-7-16(17)3-1)11-22-12-15-6-8-18-19(10-15)21-13-20-18/h1-5,7,9,13,15H,6,8,10-12H2,(H,20,21). The maximum absolute atomic E-state index is 5.97. The lowest BCUT2D eigenvalue weighted by atomic mass is 9.90. The van der Waals surface area contributed by atoms with Crippen molar-refractivity contribution in [1.29, 1.82) is 0 Å². The fourth-order valence-electron chi connectivity index (χ4n) is 3.29. The Morgan fingerprint density at radius 3 is 3.00 bits per heavy atom. The molecule has 0 fully saturated rings. The Morgan fingerprint density at radius 1 is 1.14 bits per heavy atom. The molecular formula is C19H20N2O. The van der Waals surface area contributed by atoms with Crippen LogP contribution in [-0.4, -0.2) is 16.6 Å². The predicted octanol–water partition coefficient (Wildman–Crippen LogP) is 3.88. The van der Waals surface area contributed by atoms with Gasteiger partial charge in [0.1, 0.15) is 0 Å². The minimum absolute atomic E-state index is 0.605. The molecule has 0 spiro atoms. The molecule has 3 aromatic rings. The molecule has 0 aliphatic heterocycles. The van der Waals surface area contributed by atoms with E-state index in [2.05, 4.69) is 52.4 Å². The summed E-state index contributed by atoms with van der Waals surface area (Å²) >= 11 is 0. The second-order valence-corrected chi connectivity index (χ2v) is 6.13. The lowest BCUT2D eigenvalue weighted by Gasteiger charge is -2.21. The van der Waals surface area contributed by atoms with E-state index in [-0.39, 0.29) is 0 Å². The summed E-state index contributed by atoms with van der Waals surface area (Å²) in [6.45, 7) is 1.52. The van der Waals surface area contributed by atoms with Crippen molar-refractivity contribution >= 4 is 10.8 Å². The first-order valence-electron chi connectivity index (χ1n) is 7.95. The van der Waals surface area contributed by atoms with Gasteiger partial charge in [0.2, 0.25) is 0 Å². The molecule has 1 N–H and O–H groups in total. The van der Waals surface area contributed by atoms with Crippen LogP contribution in [0.1, 0.15) is 23.4 Å². The minimum Gasteiger partial charge on any atom is -0.376 e. The lowest BCUT2D eigenvalue weighted by Crippen LogP contribution is -2.19. The van der Waals surface area contributed by atoms with Crippen molar-refractivity contribution in [2.24, 2.45) is 5.92 Å². The third kappa shape index (κ3) is 2.77. The van der Waals surface area contributed by atoms with Crippen LogP contribution in [0.5, 0.6) is 0 Å². The first-order chi connectivity index (χ1) is 10.9. The zero-order chi connectivity index (χ0) is 14.8. The topological polar surface area (TPSA) is 37.9 Å². The van der Waals surface area contributed by atoms with Crippen molar-refractivity contribution in [3.63, 3.8) is 0 Å². The number of hydrogen-bond donors (Lipinski definition) is 1. The monoisotopic (exact) mass is 292 g/mol. The van der Waals surface area contributed by atoms with Gasteiger partial charge in [-0.15, -0.1) is 0 Å². The van der Waals surface area contributed by atoms with Crippen molar-refractivity contribution in [3.8, 4) is 0 Å². The van der Waals surface area contributed by atoms with Crippen LogP contribution in [0, 0.1) is 5.92 Å². The number of benzene rings is 2. The van der Waals surface area contributed by atoms with Crippen molar-refractivity contribution in [1.82, 2.24) is 9.97 Å². The van der Waals surface area contributed by atoms with Gasteiger partial charge in [0, 0.05) is 5.69 Å². The van der Waals surface area contributed by atoms with Gasteiger partial charge in [0.05, 0.1) is 25.2 Å². The van der Waals surface area contributed by atoms with E-state index in [1.54, 1.807) is 0 Å². The van der Waals surface area contributed by atoms with Crippen LogP contribution in [-0.2, 0) is 24.2 Å². The van der Waals surface area contributed by atoms with E-state index in [4.69, 9.17) is 4.74 Å². The molecule has 0 amide bonds. The number of imidazole rings is 1. The minimum atomic E-state index is 0.605. The van der Waals surface area contributed by atoms with E-state index in [1.165, 1.54) is 34.1 Å². The SMILES string of the molecule is c1ccc2cc(COCC3CCc4nc[nH]c4C3)ccc2c1. The van der Waals surface area contributed by atoms with Crippen molar-refractivity contribution in [2.75, 3.05) is 6.61 Å². The molecule has 3 nitrogen and oxygen atoms in total. The number of aromatic nitrogens is 2. The Kier molecular flexibility index (Phi) is 3.65. The van der Waals surface area contributed by atoms with Crippen LogP contribution in [0.2, 0.25) is 0 Å². The van der Waals surface area contributed by atoms with E-state index < -0.39 is 0 Å². The Bertz CT molecular complexity index is 778. The van der Waals surface area contributed by atoms with Gasteiger partial charge in [-0.3, -0.25) is 0 Å². The molecule has 1 atom stereocenters. The highest BCUT2D eigenvalue weighted by Crippen LogP contribution is 2.23. The third-order valence-corrected chi connectivity index (χ3v) is 4.53. The molecule has 22 heavy (non-hydrogen) atoms. The number of nitrogens with zero attached hydrogens (tertiary/aromatic N) is 1. The fraction of sp³-hybridized carbons (Fsp3) is 0.316. The van der Waals surface area contributed by atoms with Gasteiger partial charge < -0.3 is 9.72 Å². The molecule has 4 rings (SSSR count). The van der Waals surface area contributed by atoms with Gasteiger partial charge in [0.25, 0.3) is 0 Å². The van der Waals surface area contributed by atoms with Crippen molar-refractivity contribution < 1.29 is 4.74 Å². The van der Waals surface area contributed by atoms with Crippen LogP contribution in [0.3, 0.4) is 0 Å². The molecule has 1 unspecified atom stereocenters. The first-order valence-corrected chi connectivity index (χ1v) is 7.95. The lowest BCUT2D eigenvalue weighted by molar-refractivity contribution is 0.0819. The molecule has 112 valence electrons. The maximum Gasteiger partial charge on any atom is 0.0925 e. The third-order valence-electron chi connectivity index (χ3n) is 4.53. The summed E-state index contributed by atoms with van der Waals surface area (Å²) in [5.74, 6) is 0.605. The molecule has 1 heterocycles. The second-order valence-electron chi connectivity index (χ2n) is 6.13. The van der Waals surface area contributed by atoms with Gasteiger partial charge >= 0.3 is 0 Å². The number of H-pyrrole nitrogens is 1. The van der Waals surface area contributed by atoms with Crippen LogP contribution in [0.15, 0.2) is 48.8 Å². The van der Waals surface area contributed by atoms with Gasteiger partial charge in [-0.05, 0) is 47.6 Å². The van der Waals surface area contributed by atoms with Crippen molar-refractivity contribution in [3.05, 3.63) is 65.7 Å². The normalized spacial score (nSPS) is 17.5. The zero-order valence-electron chi connectivity index (χ0n) is 12.6. The smallest absolute Gasteiger partial charge is 0.0925 e. The van der Waals surface area contributed by atoms with E-state index in [9.17, 15) is 0 Å². The van der Waals surface area contributed by atoms with E-state index >= 15 is 0 Å². The van der Waals surface area contributed by atoms with E-state index in [0.29, 0.717) is 12.5 Å². The second kappa shape index (κ2) is 5.93. The highest BCUT2D eigenvalue weighted by Gasteiger charge is 2.20. The highest BCUT2D eigenvalue weighted by molar-refractivity contribution is 5.82. The van der Waals surface area contributed by atoms with Crippen LogP contribution in [0.25, 0.3) is 10.8 Å². The number of ether oxygens (including phenoxy) is 1. The number of fused-ring (bicyclic) bond motifs is 2. The number of hydrogen-bond acceptors (Lipinski definition) is 2. The Morgan fingerprint density at radius 2 is 2.05 bits per heavy atom. The summed E-state index contributed by atoms with van der Waals surface area (Å²) in [6.07, 6.45) is 5.12. The number of aromatic amines is 1. The van der Waals surface area contributed by atoms with Gasteiger partial charge in [-0.2, -0.15) is 0 Å². The van der Waals surface area contributed by atoms with Gasteiger partial charge in [-0.25, -0.2) is 4.98 Å². The van der Waals surface area contributed by atoms with Crippen molar-refractivity contribution in [2.45, 2.75) is 25.9 Å². The molecule has 1 aliphatic carbocycles. The highest BCUT2D eigenvalue weighted by atomic mass is 16.5. The molecule has 1 aliphatic rings. The summed E-state index contributed by atoms with van der Waals surface area (Å²) in [4.78, 5) is 7.60. The molecule has 2 aromatic carbocycles. The number of nitrogens with one attached hydrogen (secondary N) is 1. The van der Waals surface area contributed by atoms with Gasteiger partial charge in [-0.1, -0.05) is 36.4 Å². The van der Waals surface area contributed by atoms with E-state index in [0.717, 1.165) is 19.4 Å². The van der Waals surface area contributed by atoms with Gasteiger partial charge in [0.15, 0.2) is 0 Å². The first kappa shape index (κ1) is 13.5. The Hall–Kier alpha value is -2.13. The Labute approximate surface area is 130 Å². The van der Waals surface area contributed by atoms with E-state index in [1.807, 2.05) is 6.33 Å². The molecule has 1 aromatic heterocycles. The molecule has 0 radical (unpaired) electrons. The molecular weight excluding hydrogens is 272 g/mol. The summed E-state index contributed by atoms with van der Waals surface area (Å²) in [6, 6.07) is 15.0. The average molecular weight is 292 g/mol. The Balaban J connectivity index is 1.34.